The molecule has 0 unspecified atom stereocenters. The van der Waals surface area contributed by atoms with Gasteiger partial charge in [0.1, 0.15) is 5.60 Å². The van der Waals surface area contributed by atoms with Crippen LogP contribution in [0.2, 0.25) is 0 Å². The molecule has 1 saturated heterocycles. The summed E-state index contributed by atoms with van der Waals surface area (Å²) < 4.78 is 5.45. The Morgan fingerprint density at radius 3 is 2.71 bits per heavy atom. The zero-order valence-corrected chi connectivity index (χ0v) is 15.8. The minimum Gasteiger partial charge on any atom is -0.444 e. The first kappa shape index (κ1) is 18.8. The van der Waals surface area contributed by atoms with Gasteiger partial charge in [0, 0.05) is 26.7 Å². The fourth-order valence-electron chi connectivity index (χ4n) is 3.27. The zero-order chi connectivity index (χ0) is 17.7. The summed E-state index contributed by atoms with van der Waals surface area (Å²) >= 11 is 0. The standard InChI is InChI=1S/C20H32N2O2/c1-16-9-6-7-11-18(16)15-22-12-8-10-17(14-22)13-21(5)19(23)24-20(2,3)4/h6-7,9,11,17H,8,10,12-15H2,1-5H3/t17-/m1/s1. The van der Waals surface area contributed by atoms with E-state index in [1.165, 1.54) is 24.0 Å². The Morgan fingerprint density at radius 2 is 2.04 bits per heavy atom. The van der Waals surface area contributed by atoms with Crippen molar-refractivity contribution in [2.24, 2.45) is 5.92 Å². The number of carbonyl (C=O) groups is 1. The Hall–Kier alpha value is -1.55. The molecule has 4 heteroatoms. The molecule has 1 fully saturated rings. The molecule has 1 aromatic carbocycles. The maximum absolute atomic E-state index is 12.1. The van der Waals surface area contributed by atoms with Gasteiger partial charge >= 0.3 is 6.09 Å². The fraction of sp³-hybridized carbons (Fsp3) is 0.650. The van der Waals surface area contributed by atoms with E-state index >= 15 is 0 Å². The molecule has 1 heterocycles. The van der Waals surface area contributed by atoms with Crippen molar-refractivity contribution in [1.29, 1.82) is 0 Å². The van der Waals surface area contributed by atoms with E-state index < -0.39 is 5.60 Å². The maximum atomic E-state index is 12.1. The lowest BCUT2D eigenvalue weighted by Crippen LogP contribution is -2.42. The lowest BCUT2D eigenvalue weighted by molar-refractivity contribution is 0.0241. The number of rotatable bonds is 4. The quantitative estimate of drug-likeness (QED) is 0.833. The van der Waals surface area contributed by atoms with Gasteiger partial charge in [0.15, 0.2) is 0 Å². The van der Waals surface area contributed by atoms with Gasteiger partial charge in [0.2, 0.25) is 0 Å². The molecule has 134 valence electrons. The minimum absolute atomic E-state index is 0.224. The van der Waals surface area contributed by atoms with Crippen LogP contribution in [0, 0.1) is 12.8 Å². The van der Waals surface area contributed by atoms with E-state index in [0.29, 0.717) is 5.92 Å². The molecule has 0 aromatic heterocycles. The lowest BCUT2D eigenvalue weighted by Gasteiger charge is -2.35. The summed E-state index contributed by atoms with van der Waals surface area (Å²) in [4.78, 5) is 16.4. The Balaban J connectivity index is 1.86. The van der Waals surface area contributed by atoms with Gasteiger partial charge in [-0.05, 0) is 64.1 Å². The highest BCUT2D eigenvalue weighted by Crippen LogP contribution is 2.21. The predicted octanol–water partition coefficient (Wildman–Crippen LogP) is 4.07. The number of carbonyl (C=O) groups excluding carboxylic acids is 1. The van der Waals surface area contributed by atoms with Crippen LogP contribution in [0.1, 0.15) is 44.7 Å². The number of amides is 1. The smallest absolute Gasteiger partial charge is 0.410 e. The first-order chi connectivity index (χ1) is 11.2. The van der Waals surface area contributed by atoms with Crippen molar-refractivity contribution in [1.82, 2.24) is 9.80 Å². The minimum atomic E-state index is -0.436. The first-order valence-electron chi connectivity index (χ1n) is 8.95. The van der Waals surface area contributed by atoms with Crippen LogP contribution in [0.25, 0.3) is 0 Å². The number of hydrogen-bond donors (Lipinski definition) is 0. The number of piperidine rings is 1. The largest absolute Gasteiger partial charge is 0.444 e. The Kier molecular flexibility index (Phi) is 6.27. The average molecular weight is 332 g/mol. The van der Waals surface area contributed by atoms with Crippen LogP contribution in [0.3, 0.4) is 0 Å². The second-order valence-corrected chi connectivity index (χ2v) is 8.03. The normalized spacial score (nSPS) is 19.1. The van der Waals surface area contributed by atoms with E-state index in [2.05, 4.69) is 36.1 Å². The Morgan fingerprint density at radius 1 is 1.33 bits per heavy atom. The van der Waals surface area contributed by atoms with Crippen molar-refractivity contribution in [3.63, 3.8) is 0 Å². The second-order valence-electron chi connectivity index (χ2n) is 8.03. The molecule has 4 nitrogen and oxygen atoms in total. The summed E-state index contributed by atoms with van der Waals surface area (Å²) in [6, 6.07) is 8.59. The molecule has 1 amide bonds. The molecule has 24 heavy (non-hydrogen) atoms. The molecule has 0 bridgehead atoms. The maximum Gasteiger partial charge on any atom is 0.410 e. The highest BCUT2D eigenvalue weighted by Gasteiger charge is 2.25. The van der Waals surface area contributed by atoms with Crippen LogP contribution in [0.4, 0.5) is 4.79 Å². The number of hydrogen-bond acceptors (Lipinski definition) is 3. The van der Waals surface area contributed by atoms with Crippen molar-refractivity contribution in [2.75, 3.05) is 26.7 Å². The molecular weight excluding hydrogens is 300 g/mol. The Bertz CT molecular complexity index is 551. The van der Waals surface area contributed by atoms with E-state index in [1.807, 2.05) is 27.8 Å². The summed E-state index contributed by atoms with van der Waals surface area (Å²) in [5.74, 6) is 0.514. The second kappa shape index (κ2) is 8.02. The molecule has 0 aliphatic carbocycles. The van der Waals surface area contributed by atoms with Crippen LogP contribution >= 0.6 is 0 Å². The van der Waals surface area contributed by atoms with E-state index in [-0.39, 0.29) is 6.09 Å². The van der Waals surface area contributed by atoms with Gasteiger partial charge in [-0.1, -0.05) is 24.3 Å². The fourth-order valence-corrected chi connectivity index (χ4v) is 3.27. The molecule has 0 saturated carbocycles. The summed E-state index contributed by atoms with van der Waals surface area (Å²) in [6.07, 6.45) is 2.15. The summed E-state index contributed by atoms with van der Waals surface area (Å²) in [6.45, 7) is 11.8. The van der Waals surface area contributed by atoms with Gasteiger partial charge in [-0.2, -0.15) is 0 Å². The predicted molar refractivity (Wildman–Crippen MR) is 98.0 cm³/mol. The van der Waals surface area contributed by atoms with Crippen LogP contribution in [-0.2, 0) is 11.3 Å². The van der Waals surface area contributed by atoms with E-state index in [0.717, 1.165) is 26.2 Å². The number of ether oxygens (including phenoxy) is 1. The van der Waals surface area contributed by atoms with Gasteiger partial charge < -0.3 is 9.64 Å². The number of nitrogens with zero attached hydrogens (tertiary/aromatic N) is 2. The van der Waals surface area contributed by atoms with Gasteiger partial charge in [-0.25, -0.2) is 4.79 Å². The monoisotopic (exact) mass is 332 g/mol. The highest BCUT2D eigenvalue weighted by molar-refractivity contribution is 5.67. The summed E-state index contributed by atoms with van der Waals surface area (Å²) in [7, 11) is 1.84. The van der Waals surface area contributed by atoms with Gasteiger partial charge in [-0.15, -0.1) is 0 Å². The third-order valence-electron chi connectivity index (χ3n) is 4.50. The molecule has 0 spiro atoms. The SMILES string of the molecule is Cc1ccccc1CN1CCC[C@H](CN(C)C(=O)OC(C)(C)C)C1. The molecule has 1 aromatic rings. The third kappa shape index (κ3) is 5.82. The average Bonchev–Trinajstić information content (AvgIpc) is 2.48. The summed E-state index contributed by atoms with van der Waals surface area (Å²) in [5.41, 5.74) is 2.32. The lowest BCUT2D eigenvalue weighted by atomic mass is 9.96. The van der Waals surface area contributed by atoms with Crippen LogP contribution < -0.4 is 0 Å². The molecular formula is C20H32N2O2. The molecule has 2 rings (SSSR count). The van der Waals surface area contributed by atoms with Crippen LogP contribution in [-0.4, -0.2) is 48.2 Å². The van der Waals surface area contributed by atoms with Crippen molar-refractivity contribution >= 4 is 6.09 Å². The summed E-state index contributed by atoms with van der Waals surface area (Å²) in [5, 5.41) is 0. The van der Waals surface area contributed by atoms with Crippen molar-refractivity contribution < 1.29 is 9.53 Å². The number of benzene rings is 1. The van der Waals surface area contributed by atoms with E-state index in [9.17, 15) is 4.79 Å². The molecule has 0 radical (unpaired) electrons. The van der Waals surface area contributed by atoms with Crippen molar-refractivity contribution in [3.05, 3.63) is 35.4 Å². The Labute approximate surface area is 146 Å². The van der Waals surface area contributed by atoms with E-state index in [4.69, 9.17) is 4.74 Å². The number of aryl methyl sites for hydroxylation is 1. The highest BCUT2D eigenvalue weighted by atomic mass is 16.6. The first-order valence-corrected chi connectivity index (χ1v) is 8.95. The van der Waals surface area contributed by atoms with Gasteiger partial charge in [-0.3, -0.25) is 4.90 Å². The molecule has 1 aliphatic rings. The van der Waals surface area contributed by atoms with Crippen molar-refractivity contribution in [3.8, 4) is 0 Å². The van der Waals surface area contributed by atoms with Crippen LogP contribution in [0.15, 0.2) is 24.3 Å². The van der Waals surface area contributed by atoms with E-state index in [1.54, 1.807) is 4.90 Å². The molecule has 1 atom stereocenters. The third-order valence-corrected chi connectivity index (χ3v) is 4.50. The van der Waals surface area contributed by atoms with Crippen molar-refractivity contribution in [2.45, 2.75) is 52.7 Å². The van der Waals surface area contributed by atoms with Gasteiger partial charge in [0.25, 0.3) is 0 Å². The molecule has 0 N–H and O–H groups in total. The van der Waals surface area contributed by atoms with Gasteiger partial charge in [0.05, 0.1) is 0 Å². The number of likely N-dealkylation sites (tertiary alicyclic amines) is 1. The topological polar surface area (TPSA) is 32.8 Å². The molecule has 1 aliphatic heterocycles. The zero-order valence-electron chi connectivity index (χ0n) is 15.8. The van der Waals surface area contributed by atoms with Crippen LogP contribution in [0.5, 0.6) is 0 Å².